The Kier molecular flexibility index (Phi) is 5.58. The lowest BCUT2D eigenvalue weighted by Crippen LogP contribution is -2.37. The van der Waals surface area contributed by atoms with Crippen molar-refractivity contribution in [1.29, 1.82) is 0 Å². The first-order chi connectivity index (χ1) is 8.49. The molecule has 0 saturated heterocycles. The van der Waals surface area contributed by atoms with E-state index in [1.165, 1.54) is 12.1 Å². The van der Waals surface area contributed by atoms with Crippen LogP contribution in [0.5, 0.6) is 5.75 Å². The van der Waals surface area contributed by atoms with Crippen molar-refractivity contribution in [1.82, 2.24) is 10.0 Å². The zero-order valence-electron chi connectivity index (χ0n) is 10.9. The highest BCUT2D eigenvalue weighted by Crippen LogP contribution is 2.15. The maximum atomic E-state index is 11.9. The van der Waals surface area contributed by atoms with E-state index in [9.17, 15) is 8.42 Å². The van der Waals surface area contributed by atoms with Crippen LogP contribution >= 0.6 is 0 Å². The summed E-state index contributed by atoms with van der Waals surface area (Å²) in [5.74, 6) is 0.667. The van der Waals surface area contributed by atoms with Crippen LogP contribution in [0.15, 0.2) is 29.2 Å². The number of hydrogen-bond donors (Lipinski definition) is 2. The van der Waals surface area contributed by atoms with Crippen LogP contribution in [0, 0.1) is 0 Å². The topological polar surface area (TPSA) is 67.4 Å². The zero-order chi connectivity index (χ0) is 13.6. The monoisotopic (exact) mass is 272 g/mol. The van der Waals surface area contributed by atoms with Gasteiger partial charge in [-0.05, 0) is 45.2 Å². The first-order valence-electron chi connectivity index (χ1n) is 5.89. The van der Waals surface area contributed by atoms with E-state index in [1.54, 1.807) is 19.2 Å². The minimum atomic E-state index is -3.44. The van der Waals surface area contributed by atoms with E-state index in [0.29, 0.717) is 18.9 Å². The third-order valence-electron chi connectivity index (χ3n) is 2.52. The zero-order valence-corrected chi connectivity index (χ0v) is 11.8. The molecule has 1 aromatic rings. The van der Waals surface area contributed by atoms with Gasteiger partial charge < -0.3 is 10.1 Å². The Morgan fingerprint density at radius 1 is 1.28 bits per heavy atom. The minimum absolute atomic E-state index is 0.0856. The predicted molar refractivity (Wildman–Crippen MR) is 71.3 cm³/mol. The summed E-state index contributed by atoms with van der Waals surface area (Å²) in [7, 11) is -1.66. The standard InChI is InChI=1S/C12H20N2O3S/c1-4-17-11-5-7-12(8-6-11)18(15,16)14-9-10(2)13-3/h5-8,10,13-14H,4,9H2,1-3H3. The lowest BCUT2D eigenvalue weighted by Gasteiger charge is -2.12. The lowest BCUT2D eigenvalue weighted by atomic mass is 10.3. The molecule has 0 aromatic heterocycles. The SMILES string of the molecule is CCOc1ccc(S(=O)(=O)NCC(C)NC)cc1. The van der Waals surface area contributed by atoms with Crippen molar-refractivity contribution in [3.05, 3.63) is 24.3 Å². The van der Waals surface area contributed by atoms with Crippen LogP contribution < -0.4 is 14.8 Å². The van der Waals surface area contributed by atoms with Crippen molar-refractivity contribution in [2.45, 2.75) is 24.8 Å². The van der Waals surface area contributed by atoms with E-state index in [2.05, 4.69) is 10.0 Å². The fourth-order valence-electron chi connectivity index (χ4n) is 1.30. The fourth-order valence-corrected chi connectivity index (χ4v) is 2.43. The first kappa shape index (κ1) is 14.9. The molecule has 0 saturated carbocycles. The van der Waals surface area contributed by atoms with Gasteiger partial charge in [-0.2, -0.15) is 0 Å². The molecule has 0 amide bonds. The predicted octanol–water partition coefficient (Wildman–Crippen LogP) is 0.971. The van der Waals surface area contributed by atoms with Crippen molar-refractivity contribution in [3.63, 3.8) is 0 Å². The van der Waals surface area contributed by atoms with Crippen LogP contribution in [0.4, 0.5) is 0 Å². The quantitative estimate of drug-likeness (QED) is 0.776. The summed E-state index contributed by atoms with van der Waals surface area (Å²) in [5.41, 5.74) is 0. The highest BCUT2D eigenvalue weighted by molar-refractivity contribution is 7.89. The van der Waals surface area contributed by atoms with E-state index in [1.807, 2.05) is 13.8 Å². The second-order valence-corrected chi connectivity index (χ2v) is 5.71. The molecular weight excluding hydrogens is 252 g/mol. The molecule has 0 aliphatic carbocycles. The van der Waals surface area contributed by atoms with Crippen molar-refractivity contribution in [2.24, 2.45) is 0 Å². The maximum absolute atomic E-state index is 11.9. The number of likely N-dealkylation sites (N-methyl/N-ethyl adjacent to an activating group) is 1. The second-order valence-electron chi connectivity index (χ2n) is 3.95. The minimum Gasteiger partial charge on any atom is -0.494 e. The van der Waals surface area contributed by atoms with Gasteiger partial charge in [-0.1, -0.05) is 0 Å². The van der Waals surface area contributed by atoms with Crippen LogP contribution in [0.1, 0.15) is 13.8 Å². The number of hydrogen-bond acceptors (Lipinski definition) is 4. The lowest BCUT2D eigenvalue weighted by molar-refractivity contribution is 0.340. The smallest absolute Gasteiger partial charge is 0.240 e. The van der Waals surface area contributed by atoms with Crippen molar-refractivity contribution in [3.8, 4) is 5.75 Å². The van der Waals surface area contributed by atoms with E-state index < -0.39 is 10.0 Å². The van der Waals surface area contributed by atoms with Crippen molar-refractivity contribution < 1.29 is 13.2 Å². The van der Waals surface area contributed by atoms with Gasteiger partial charge in [0, 0.05) is 12.6 Å². The third-order valence-corrected chi connectivity index (χ3v) is 3.96. The molecule has 1 aromatic carbocycles. The normalized spacial score (nSPS) is 13.3. The van der Waals surface area contributed by atoms with E-state index in [0.717, 1.165) is 0 Å². The number of sulfonamides is 1. The summed E-state index contributed by atoms with van der Waals surface area (Å²) in [5, 5.41) is 2.97. The average Bonchev–Trinajstić information content (AvgIpc) is 2.37. The third kappa shape index (κ3) is 4.29. The van der Waals surface area contributed by atoms with Crippen LogP contribution in [0.3, 0.4) is 0 Å². The molecule has 0 spiro atoms. The summed E-state index contributed by atoms with van der Waals surface area (Å²) in [6.07, 6.45) is 0. The molecule has 0 bridgehead atoms. The van der Waals surface area contributed by atoms with Gasteiger partial charge in [0.05, 0.1) is 11.5 Å². The molecule has 0 radical (unpaired) electrons. The Labute approximate surface area is 109 Å². The van der Waals surface area contributed by atoms with Crippen LogP contribution in [-0.4, -0.2) is 34.7 Å². The maximum Gasteiger partial charge on any atom is 0.240 e. The Bertz CT molecular complexity index is 457. The molecule has 6 heteroatoms. The average molecular weight is 272 g/mol. The molecule has 18 heavy (non-hydrogen) atoms. The molecule has 0 fully saturated rings. The Balaban J connectivity index is 2.72. The fraction of sp³-hybridized carbons (Fsp3) is 0.500. The van der Waals surface area contributed by atoms with Gasteiger partial charge in [-0.15, -0.1) is 0 Å². The molecule has 1 atom stereocenters. The molecule has 2 N–H and O–H groups in total. The Hall–Kier alpha value is -1.11. The summed E-state index contributed by atoms with van der Waals surface area (Å²) in [6, 6.07) is 6.47. The summed E-state index contributed by atoms with van der Waals surface area (Å²) in [4.78, 5) is 0.245. The van der Waals surface area contributed by atoms with Crippen molar-refractivity contribution in [2.75, 3.05) is 20.2 Å². The molecular formula is C12H20N2O3S. The van der Waals surface area contributed by atoms with E-state index in [4.69, 9.17) is 4.74 Å². The van der Waals surface area contributed by atoms with Crippen LogP contribution in [-0.2, 0) is 10.0 Å². The summed E-state index contributed by atoms with van der Waals surface area (Å²) >= 11 is 0. The molecule has 0 heterocycles. The van der Waals surface area contributed by atoms with Gasteiger partial charge in [-0.25, -0.2) is 13.1 Å². The highest BCUT2D eigenvalue weighted by atomic mass is 32.2. The molecule has 0 aliphatic heterocycles. The van der Waals surface area contributed by atoms with Gasteiger partial charge in [0.15, 0.2) is 0 Å². The Morgan fingerprint density at radius 2 is 1.89 bits per heavy atom. The van der Waals surface area contributed by atoms with Crippen LogP contribution in [0.2, 0.25) is 0 Å². The highest BCUT2D eigenvalue weighted by Gasteiger charge is 2.14. The van der Waals surface area contributed by atoms with Gasteiger partial charge in [0.25, 0.3) is 0 Å². The summed E-state index contributed by atoms with van der Waals surface area (Å²) < 4.78 is 31.7. The number of ether oxygens (including phenoxy) is 1. The van der Waals surface area contributed by atoms with E-state index in [-0.39, 0.29) is 10.9 Å². The molecule has 1 unspecified atom stereocenters. The van der Waals surface area contributed by atoms with Crippen molar-refractivity contribution >= 4 is 10.0 Å². The van der Waals surface area contributed by atoms with Gasteiger partial charge in [-0.3, -0.25) is 0 Å². The number of rotatable bonds is 7. The Morgan fingerprint density at radius 3 is 2.39 bits per heavy atom. The van der Waals surface area contributed by atoms with E-state index >= 15 is 0 Å². The largest absolute Gasteiger partial charge is 0.494 e. The molecule has 0 aliphatic rings. The van der Waals surface area contributed by atoms with Gasteiger partial charge in [0.1, 0.15) is 5.75 Å². The van der Waals surface area contributed by atoms with Crippen LogP contribution in [0.25, 0.3) is 0 Å². The molecule has 1 rings (SSSR count). The molecule has 102 valence electrons. The van der Waals surface area contributed by atoms with Gasteiger partial charge >= 0.3 is 0 Å². The molecule has 5 nitrogen and oxygen atoms in total. The van der Waals surface area contributed by atoms with Gasteiger partial charge in [0.2, 0.25) is 10.0 Å². The number of nitrogens with one attached hydrogen (secondary N) is 2. The second kappa shape index (κ2) is 6.72. The number of benzene rings is 1. The first-order valence-corrected chi connectivity index (χ1v) is 7.37. The summed E-state index contributed by atoms with van der Waals surface area (Å²) in [6.45, 7) is 4.70.